The SMILES string of the molecule is CCOC(=O)N1CCN(CCC(=O)Nc2ccc(Br)c(C)c2)CC1.Cl. The van der Waals surface area contributed by atoms with Gasteiger partial charge in [0.15, 0.2) is 0 Å². The molecule has 0 unspecified atom stereocenters. The fraction of sp³-hybridized carbons (Fsp3) is 0.529. The number of carbonyl (C=O) groups excluding carboxylic acids is 2. The summed E-state index contributed by atoms with van der Waals surface area (Å²) >= 11 is 3.45. The molecule has 140 valence electrons. The van der Waals surface area contributed by atoms with Crippen LogP contribution < -0.4 is 5.32 Å². The summed E-state index contributed by atoms with van der Waals surface area (Å²) in [6, 6.07) is 5.76. The minimum absolute atomic E-state index is 0. The number of benzene rings is 1. The second-order valence-electron chi connectivity index (χ2n) is 5.79. The average Bonchev–Trinajstić information content (AvgIpc) is 2.57. The van der Waals surface area contributed by atoms with Crippen LogP contribution in [0.25, 0.3) is 0 Å². The normalized spacial score (nSPS) is 14.6. The van der Waals surface area contributed by atoms with Crippen molar-refractivity contribution in [2.75, 3.05) is 44.6 Å². The highest BCUT2D eigenvalue weighted by Gasteiger charge is 2.22. The zero-order valence-corrected chi connectivity index (χ0v) is 17.0. The second-order valence-corrected chi connectivity index (χ2v) is 6.64. The molecule has 6 nitrogen and oxygen atoms in total. The van der Waals surface area contributed by atoms with Gasteiger partial charge in [0.25, 0.3) is 0 Å². The molecular formula is C17H25BrClN3O3. The van der Waals surface area contributed by atoms with E-state index < -0.39 is 0 Å². The molecule has 1 N–H and O–H groups in total. The fourth-order valence-electron chi connectivity index (χ4n) is 2.57. The Labute approximate surface area is 163 Å². The van der Waals surface area contributed by atoms with Crippen LogP contribution in [0.4, 0.5) is 10.5 Å². The highest BCUT2D eigenvalue weighted by Crippen LogP contribution is 2.20. The first-order chi connectivity index (χ1) is 11.5. The second kappa shape index (κ2) is 10.6. The van der Waals surface area contributed by atoms with Crippen LogP contribution in [0.1, 0.15) is 18.9 Å². The van der Waals surface area contributed by atoms with E-state index in [2.05, 4.69) is 26.1 Å². The van der Waals surface area contributed by atoms with Gasteiger partial charge >= 0.3 is 6.09 Å². The van der Waals surface area contributed by atoms with E-state index >= 15 is 0 Å². The topological polar surface area (TPSA) is 61.9 Å². The lowest BCUT2D eigenvalue weighted by atomic mass is 10.2. The molecule has 0 atom stereocenters. The monoisotopic (exact) mass is 433 g/mol. The Morgan fingerprint density at radius 3 is 2.52 bits per heavy atom. The lowest BCUT2D eigenvalue weighted by molar-refractivity contribution is -0.116. The Hall–Kier alpha value is -1.31. The molecular weight excluding hydrogens is 410 g/mol. The number of hydrogen-bond donors (Lipinski definition) is 1. The van der Waals surface area contributed by atoms with Crippen molar-refractivity contribution in [2.24, 2.45) is 0 Å². The Morgan fingerprint density at radius 1 is 1.24 bits per heavy atom. The van der Waals surface area contributed by atoms with Gasteiger partial charge in [-0.15, -0.1) is 12.4 Å². The first kappa shape index (κ1) is 21.7. The zero-order chi connectivity index (χ0) is 17.5. The molecule has 2 rings (SSSR count). The van der Waals surface area contributed by atoms with Crippen LogP contribution in [-0.4, -0.2) is 61.1 Å². The van der Waals surface area contributed by atoms with Gasteiger partial charge < -0.3 is 15.0 Å². The third-order valence-electron chi connectivity index (χ3n) is 4.00. The van der Waals surface area contributed by atoms with Gasteiger partial charge in [0.05, 0.1) is 6.61 Å². The largest absolute Gasteiger partial charge is 0.450 e. The number of aryl methyl sites for hydroxylation is 1. The fourth-order valence-corrected chi connectivity index (χ4v) is 2.82. The first-order valence-electron chi connectivity index (χ1n) is 8.19. The predicted molar refractivity (Wildman–Crippen MR) is 104 cm³/mol. The zero-order valence-electron chi connectivity index (χ0n) is 14.6. The number of hydrogen-bond acceptors (Lipinski definition) is 4. The van der Waals surface area contributed by atoms with Gasteiger partial charge in [0.2, 0.25) is 5.91 Å². The molecule has 1 aromatic carbocycles. The maximum Gasteiger partial charge on any atom is 0.409 e. The van der Waals surface area contributed by atoms with E-state index in [9.17, 15) is 9.59 Å². The van der Waals surface area contributed by atoms with Crippen molar-refractivity contribution in [2.45, 2.75) is 20.3 Å². The van der Waals surface area contributed by atoms with Crippen LogP contribution in [0.15, 0.2) is 22.7 Å². The Balaban J connectivity index is 0.00000312. The molecule has 0 spiro atoms. The van der Waals surface area contributed by atoms with E-state index in [1.165, 1.54) is 0 Å². The highest BCUT2D eigenvalue weighted by molar-refractivity contribution is 9.10. The number of nitrogens with one attached hydrogen (secondary N) is 1. The number of ether oxygens (including phenoxy) is 1. The summed E-state index contributed by atoms with van der Waals surface area (Å²) in [6.07, 6.45) is 0.189. The number of halogens is 2. The van der Waals surface area contributed by atoms with Crippen LogP contribution in [0, 0.1) is 6.92 Å². The molecule has 1 aliphatic heterocycles. The van der Waals surface area contributed by atoms with Crippen molar-refractivity contribution >= 4 is 46.0 Å². The molecule has 1 aliphatic rings. The Kier molecular flexibility index (Phi) is 9.24. The third-order valence-corrected chi connectivity index (χ3v) is 4.88. The van der Waals surface area contributed by atoms with Crippen molar-refractivity contribution in [1.82, 2.24) is 9.80 Å². The summed E-state index contributed by atoms with van der Waals surface area (Å²) in [5.74, 6) is 0.00421. The number of amides is 2. The maximum atomic E-state index is 12.1. The summed E-state index contributed by atoms with van der Waals surface area (Å²) in [4.78, 5) is 27.6. The minimum Gasteiger partial charge on any atom is -0.450 e. The predicted octanol–water partition coefficient (Wildman–Crippen LogP) is 3.28. The molecule has 1 aromatic rings. The van der Waals surface area contributed by atoms with Crippen molar-refractivity contribution in [1.29, 1.82) is 0 Å². The van der Waals surface area contributed by atoms with Crippen LogP contribution in [0.3, 0.4) is 0 Å². The van der Waals surface area contributed by atoms with E-state index in [0.717, 1.165) is 28.8 Å². The number of piperazine rings is 1. The van der Waals surface area contributed by atoms with Crippen LogP contribution in [0.5, 0.6) is 0 Å². The summed E-state index contributed by atoms with van der Waals surface area (Å²) < 4.78 is 6.03. The van der Waals surface area contributed by atoms with Gasteiger partial charge in [-0.1, -0.05) is 15.9 Å². The van der Waals surface area contributed by atoms with Gasteiger partial charge in [0.1, 0.15) is 0 Å². The summed E-state index contributed by atoms with van der Waals surface area (Å²) in [5, 5.41) is 2.92. The van der Waals surface area contributed by atoms with E-state index in [-0.39, 0.29) is 24.4 Å². The molecule has 1 saturated heterocycles. The van der Waals surface area contributed by atoms with E-state index in [1.54, 1.807) is 11.8 Å². The van der Waals surface area contributed by atoms with Crippen molar-refractivity contribution < 1.29 is 14.3 Å². The smallest absolute Gasteiger partial charge is 0.409 e. The Morgan fingerprint density at radius 2 is 1.92 bits per heavy atom. The number of carbonyl (C=O) groups is 2. The molecule has 1 heterocycles. The number of anilines is 1. The van der Waals surface area contributed by atoms with Crippen LogP contribution >= 0.6 is 28.3 Å². The molecule has 0 bridgehead atoms. The van der Waals surface area contributed by atoms with Gasteiger partial charge in [-0.2, -0.15) is 0 Å². The lowest BCUT2D eigenvalue weighted by Crippen LogP contribution is -2.49. The molecule has 0 aromatic heterocycles. The Bertz CT molecular complexity index is 593. The van der Waals surface area contributed by atoms with Gasteiger partial charge in [-0.3, -0.25) is 9.69 Å². The van der Waals surface area contributed by atoms with E-state index in [4.69, 9.17) is 4.74 Å². The summed E-state index contributed by atoms with van der Waals surface area (Å²) in [7, 11) is 0. The first-order valence-corrected chi connectivity index (χ1v) is 8.99. The molecule has 1 fully saturated rings. The maximum absolute atomic E-state index is 12.1. The standard InChI is InChI=1S/C17H24BrN3O3.ClH/c1-3-24-17(23)21-10-8-20(9-11-21)7-6-16(22)19-14-4-5-15(18)13(2)12-14;/h4-5,12H,3,6-11H2,1-2H3,(H,19,22);1H. The van der Waals surface area contributed by atoms with E-state index in [1.807, 2.05) is 25.1 Å². The average molecular weight is 435 g/mol. The summed E-state index contributed by atoms with van der Waals surface area (Å²) in [6.45, 7) is 7.71. The van der Waals surface area contributed by atoms with Gasteiger partial charge in [-0.05, 0) is 37.6 Å². The molecule has 0 radical (unpaired) electrons. The number of nitrogens with zero attached hydrogens (tertiary/aromatic N) is 2. The van der Waals surface area contributed by atoms with Crippen LogP contribution in [-0.2, 0) is 9.53 Å². The molecule has 8 heteroatoms. The van der Waals surface area contributed by atoms with Crippen molar-refractivity contribution in [3.05, 3.63) is 28.2 Å². The van der Waals surface area contributed by atoms with Crippen molar-refractivity contribution in [3.63, 3.8) is 0 Å². The van der Waals surface area contributed by atoms with Gasteiger partial charge in [0, 0.05) is 49.3 Å². The molecule has 0 saturated carbocycles. The third kappa shape index (κ3) is 6.84. The molecule has 2 amide bonds. The lowest BCUT2D eigenvalue weighted by Gasteiger charge is -2.33. The van der Waals surface area contributed by atoms with Crippen molar-refractivity contribution in [3.8, 4) is 0 Å². The highest BCUT2D eigenvalue weighted by atomic mass is 79.9. The molecule has 25 heavy (non-hydrogen) atoms. The summed E-state index contributed by atoms with van der Waals surface area (Å²) in [5.41, 5.74) is 1.90. The minimum atomic E-state index is -0.250. The van der Waals surface area contributed by atoms with Crippen LogP contribution in [0.2, 0.25) is 0 Å². The number of rotatable bonds is 5. The van der Waals surface area contributed by atoms with Gasteiger partial charge in [-0.25, -0.2) is 4.79 Å². The molecule has 0 aliphatic carbocycles. The van der Waals surface area contributed by atoms with E-state index in [0.29, 0.717) is 32.7 Å². The quantitative estimate of drug-likeness (QED) is 0.772.